The number of thioether (sulfide) groups is 1. The van der Waals surface area contributed by atoms with Crippen molar-refractivity contribution in [1.29, 1.82) is 0 Å². The molecular formula is C64H132N4O3S. The third-order valence-electron chi connectivity index (χ3n) is 17.0. The van der Waals surface area contributed by atoms with Crippen molar-refractivity contribution in [2.45, 2.75) is 316 Å². The lowest BCUT2D eigenvalue weighted by Gasteiger charge is -2.35. The van der Waals surface area contributed by atoms with Gasteiger partial charge in [0.1, 0.15) is 0 Å². The lowest BCUT2D eigenvalue weighted by molar-refractivity contribution is -0.0893. The van der Waals surface area contributed by atoms with Gasteiger partial charge in [-0.2, -0.15) is 11.8 Å². The van der Waals surface area contributed by atoms with Crippen molar-refractivity contribution in [3.63, 3.8) is 0 Å². The lowest BCUT2D eigenvalue weighted by atomic mass is 9.87. The molecule has 8 heteroatoms. The first kappa shape index (κ1) is 70.1. The van der Waals surface area contributed by atoms with Crippen LogP contribution in [-0.2, 0) is 14.2 Å². The molecule has 0 radical (unpaired) electrons. The number of rotatable bonds is 12. The number of piperidine rings is 2. The van der Waals surface area contributed by atoms with Gasteiger partial charge in [-0.1, -0.05) is 179 Å². The monoisotopic (exact) mass is 1040 g/mol. The summed E-state index contributed by atoms with van der Waals surface area (Å²) in [5.41, 5.74) is 0. The highest BCUT2D eigenvalue weighted by atomic mass is 32.2. The number of ether oxygens (including phenoxy) is 3. The van der Waals surface area contributed by atoms with Gasteiger partial charge in [-0.15, -0.1) is 0 Å². The summed E-state index contributed by atoms with van der Waals surface area (Å²) in [6, 6.07) is 5.64. The second-order valence-corrected chi connectivity index (χ2v) is 28.7. The third-order valence-corrected chi connectivity index (χ3v) is 18.2. The van der Waals surface area contributed by atoms with Crippen molar-refractivity contribution >= 4 is 11.8 Å². The van der Waals surface area contributed by atoms with Crippen LogP contribution in [0.25, 0.3) is 0 Å². The van der Waals surface area contributed by atoms with E-state index in [0.29, 0.717) is 72.0 Å². The largest absolute Gasteiger partial charge is 0.378 e. The lowest BCUT2D eigenvalue weighted by Crippen LogP contribution is -2.53. The van der Waals surface area contributed by atoms with E-state index in [1.807, 2.05) is 0 Å². The van der Waals surface area contributed by atoms with Crippen LogP contribution in [0.1, 0.15) is 243 Å². The molecule has 4 N–H and O–H groups in total. The Balaban J connectivity index is 0.000000432. The Morgan fingerprint density at radius 3 is 0.694 bits per heavy atom. The SMILES string of the molecule is CC(C)C1CCCC(C(C)C)N1.CC(C)C1CCCC(C(C)C)N1.CC(C)C1CCCC(C(C)C)O1.CC(C)C1CCCC(C(C)C)O1.CC(C)C1COCC(C(C)C)N1.CC(C)C1CSCC(C(C)C)N1. The minimum Gasteiger partial charge on any atom is -0.378 e. The molecule has 0 bridgehead atoms. The van der Waals surface area contributed by atoms with Gasteiger partial charge in [-0.3, -0.25) is 0 Å². The van der Waals surface area contributed by atoms with Crippen LogP contribution < -0.4 is 21.3 Å². The highest BCUT2D eigenvalue weighted by Gasteiger charge is 2.30. The molecule has 0 aliphatic carbocycles. The maximum Gasteiger partial charge on any atom is 0.0623 e. The van der Waals surface area contributed by atoms with E-state index in [9.17, 15) is 0 Å². The van der Waals surface area contributed by atoms with Crippen molar-refractivity contribution in [3.05, 3.63) is 0 Å². The Labute approximate surface area is 456 Å². The summed E-state index contributed by atoms with van der Waals surface area (Å²) in [5.74, 6) is 11.4. The fourth-order valence-corrected chi connectivity index (χ4v) is 12.4. The molecular weight excluding hydrogens is 905 g/mol. The number of nitrogens with one attached hydrogen (secondary N) is 4. The highest BCUT2D eigenvalue weighted by molar-refractivity contribution is 7.99. The van der Waals surface area contributed by atoms with Gasteiger partial charge in [0, 0.05) is 59.8 Å². The number of hydrogen-bond acceptors (Lipinski definition) is 8. The molecule has 7 nitrogen and oxygen atoms in total. The fourth-order valence-electron chi connectivity index (χ4n) is 10.8. The van der Waals surface area contributed by atoms with Gasteiger partial charge >= 0.3 is 0 Å². The van der Waals surface area contributed by atoms with Crippen LogP contribution in [0.2, 0.25) is 0 Å². The van der Waals surface area contributed by atoms with Gasteiger partial charge in [0.15, 0.2) is 0 Å². The maximum atomic E-state index is 6.01. The first-order valence-electron chi connectivity index (χ1n) is 31.2. The molecule has 12 atom stereocenters. The van der Waals surface area contributed by atoms with Crippen LogP contribution in [0.3, 0.4) is 0 Å². The van der Waals surface area contributed by atoms with E-state index in [0.717, 1.165) is 85.0 Å². The van der Waals surface area contributed by atoms with Gasteiger partial charge in [-0.25, -0.2) is 0 Å². The number of hydrogen-bond donors (Lipinski definition) is 4. The minimum atomic E-state index is 0.520. The zero-order chi connectivity index (χ0) is 54.8. The van der Waals surface area contributed by atoms with E-state index >= 15 is 0 Å². The van der Waals surface area contributed by atoms with Crippen molar-refractivity contribution in [1.82, 2.24) is 21.3 Å². The summed E-state index contributed by atoms with van der Waals surface area (Å²) in [7, 11) is 0. The predicted molar refractivity (Wildman–Crippen MR) is 322 cm³/mol. The molecule has 0 aromatic carbocycles. The van der Waals surface area contributed by atoms with Gasteiger partial charge in [0.2, 0.25) is 0 Å². The fraction of sp³-hybridized carbons (Fsp3) is 1.00. The van der Waals surface area contributed by atoms with Crippen molar-refractivity contribution < 1.29 is 14.2 Å². The van der Waals surface area contributed by atoms with E-state index in [1.54, 1.807) is 0 Å². The van der Waals surface area contributed by atoms with Gasteiger partial charge in [0.05, 0.1) is 37.6 Å². The summed E-state index contributed by atoms with van der Waals surface area (Å²) in [6.07, 6.45) is 18.2. The zero-order valence-corrected chi connectivity index (χ0v) is 53.6. The van der Waals surface area contributed by atoms with Crippen LogP contribution in [0.15, 0.2) is 0 Å². The molecule has 6 fully saturated rings. The summed E-state index contributed by atoms with van der Waals surface area (Å²) < 4.78 is 17.6. The van der Waals surface area contributed by atoms with E-state index in [1.165, 1.54) is 88.6 Å². The van der Waals surface area contributed by atoms with Gasteiger partial charge in [0.25, 0.3) is 0 Å². The third kappa shape index (κ3) is 28.6. The van der Waals surface area contributed by atoms with E-state index in [4.69, 9.17) is 14.2 Å². The van der Waals surface area contributed by atoms with Crippen LogP contribution in [0, 0.1) is 71.0 Å². The van der Waals surface area contributed by atoms with Crippen LogP contribution in [-0.4, -0.2) is 97.5 Å². The first-order valence-corrected chi connectivity index (χ1v) is 32.3. The smallest absolute Gasteiger partial charge is 0.0623 e. The summed E-state index contributed by atoms with van der Waals surface area (Å²) >= 11 is 2.11. The molecule has 0 amide bonds. The van der Waals surface area contributed by atoms with E-state index < -0.39 is 0 Å². The van der Waals surface area contributed by atoms with E-state index in [2.05, 4.69) is 199 Å². The predicted octanol–water partition coefficient (Wildman–Crippen LogP) is 16.1. The molecule has 72 heavy (non-hydrogen) atoms. The molecule has 6 saturated heterocycles. The summed E-state index contributed by atoms with van der Waals surface area (Å²) in [4.78, 5) is 0. The zero-order valence-electron chi connectivity index (χ0n) is 52.8. The summed E-state index contributed by atoms with van der Waals surface area (Å²) in [5, 5.41) is 14.9. The van der Waals surface area contributed by atoms with Crippen molar-refractivity contribution in [2.24, 2.45) is 71.0 Å². The van der Waals surface area contributed by atoms with Gasteiger partial charge in [-0.05, 0) is 135 Å². The average Bonchev–Trinajstić information content (AvgIpc) is 3.35. The van der Waals surface area contributed by atoms with E-state index in [-0.39, 0.29) is 0 Å². The van der Waals surface area contributed by atoms with Crippen LogP contribution in [0.4, 0.5) is 0 Å². The van der Waals surface area contributed by atoms with Gasteiger partial charge < -0.3 is 35.5 Å². The maximum absolute atomic E-state index is 6.01. The Morgan fingerprint density at radius 2 is 0.472 bits per heavy atom. The molecule has 6 rings (SSSR count). The second-order valence-electron chi connectivity index (χ2n) is 27.7. The Hall–Kier alpha value is 0.0700. The Morgan fingerprint density at radius 1 is 0.264 bits per heavy atom. The summed E-state index contributed by atoms with van der Waals surface area (Å²) in [6.45, 7) is 56.6. The molecule has 6 heterocycles. The molecule has 0 aromatic rings. The topological polar surface area (TPSA) is 75.8 Å². The quantitative estimate of drug-likeness (QED) is 0.154. The highest BCUT2D eigenvalue weighted by Crippen LogP contribution is 2.30. The normalized spacial score (nSPS) is 31.5. The standard InChI is InChI=1S/2C11H23N.2C11H22O.C10H21NO.C10H21NS/c4*1-8(2)10-6-5-7-11(12-10)9(3)4;2*1-7(2)9-5-12-6-10(11-9)8(3)4/h2*8-12H,5-7H2,1-4H3;2*8-11H,5-7H2,1-4H3;2*7-11H,5-6H2,1-4H3. The Kier molecular flexibility index (Phi) is 36.8. The first-order chi connectivity index (χ1) is 33.7. The molecule has 6 aliphatic heterocycles. The van der Waals surface area contributed by atoms with Crippen LogP contribution in [0.5, 0.6) is 0 Å². The minimum absolute atomic E-state index is 0.520. The second kappa shape index (κ2) is 37.8. The number of morpholine rings is 1. The molecule has 0 spiro atoms. The van der Waals surface area contributed by atoms with Crippen LogP contribution >= 0.6 is 11.8 Å². The molecule has 0 aromatic heterocycles. The molecule has 6 aliphatic rings. The Bertz CT molecular complexity index is 956. The average molecular weight is 1040 g/mol. The molecule has 432 valence electrons. The van der Waals surface area contributed by atoms with Crippen molar-refractivity contribution in [2.75, 3.05) is 24.7 Å². The van der Waals surface area contributed by atoms with Crippen molar-refractivity contribution in [3.8, 4) is 0 Å². The molecule has 12 unspecified atom stereocenters. The molecule has 0 saturated carbocycles.